The van der Waals surface area contributed by atoms with Crippen LogP contribution in [0.2, 0.25) is 0 Å². The SMILES string of the molecule is C=CC1=CC(C)(C)CC1(C)OC. The highest BCUT2D eigenvalue weighted by Gasteiger charge is 2.39. The average Bonchev–Trinajstić information content (AvgIpc) is 2.22. The summed E-state index contributed by atoms with van der Waals surface area (Å²) in [6, 6.07) is 0. The van der Waals surface area contributed by atoms with Crippen molar-refractivity contribution in [2.45, 2.75) is 32.8 Å². The molecule has 0 radical (unpaired) electrons. The molecule has 0 bridgehead atoms. The average molecular weight is 166 g/mol. The van der Waals surface area contributed by atoms with Gasteiger partial charge in [0, 0.05) is 7.11 Å². The summed E-state index contributed by atoms with van der Waals surface area (Å²) in [7, 11) is 1.76. The zero-order valence-electron chi connectivity index (χ0n) is 8.48. The van der Waals surface area contributed by atoms with Crippen molar-refractivity contribution in [2.75, 3.05) is 7.11 Å². The Kier molecular flexibility index (Phi) is 2.17. The highest BCUT2D eigenvalue weighted by molar-refractivity contribution is 5.34. The molecule has 68 valence electrons. The van der Waals surface area contributed by atoms with Gasteiger partial charge in [-0.15, -0.1) is 0 Å². The molecule has 0 saturated carbocycles. The number of allylic oxidation sites excluding steroid dienone is 1. The van der Waals surface area contributed by atoms with Gasteiger partial charge < -0.3 is 4.74 Å². The van der Waals surface area contributed by atoms with Gasteiger partial charge in [0.15, 0.2) is 0 Å². The number of ether oxygens (including phenoxy) is 1. The summed E-state index contributed by atoms with van der Waals surface area (Å²) in [6.07, 6.45) is 5.19. The molecule has 12 heavy (non-hydrogen) atoms. The number of methoxy groups -OCH3 is 1. The van der Waals surface area contributed by atoms with Gasteiger partial charge in [0.1, 0.15) is 0 Å². The second-order valence-electron chi connectivity index (χ2n) is 4.40. The summed E-state index contributed by atoms with van der Waals surface area (Å²) in [5, 5.41) is 0. The van der Waals surface area contributed by atoms with Crippen molar-refractivity contribution < 1.29 is 4.74 Å². The largest absolute Gasteiger partial charge is 0.374 e. The van der Waals surface area contributed by atoms with Gasteiger partial charge in [0.2, 0.25) is 0 Å². The van der Waals surface area contributed by atoms with Gasteiger partial charge in [0.05, 0.1) is 5.60 Å². The Morgan fingerprint density at radius 3 is 2.42 bits per heavy atom. The molecule has 1 heteroatoms. The van der Waals surface area contributed by atoms with Crippen molar-refractivity contribution in [3.8, 4) is 0 Å². The highest BCUT2D eigenvalue weighted by Crippen LogP contribution is 2.44. The van der Waals surface area contributed by atoms with Crippen molar-refractivity contribution in [3.63, 3.8) is 0 Å². The van der Waals surface area contributed by atoms with Crippen LogP contribution in [-0.2, 0) is 4.74 Å². The maximum Gasteiger partial charge on any atom is 0.0904 e. The van der Waals surface area contributed by atoms with E-state index in [9.17, 15) is 0 Å². The first-order chi connectivity index (χ1) is 5.43. The molecule has 0 aromatic heterocycles. The van der Waals surface area contributed by atoms with E-state index in [0.717, 1.165) is 6.42 Å². The van der Waals surface area contributed by atoms with E-state index < -0.39 is 0 Å². The molecule has 0 aliphatic heterocycles. The van der Waals surface area contributed by atoms with Crippen LogP contribution in [-0.4, -0.2) is 12.7 Å². The fraction of sp³-hybridized carbons (Fsp3) is 0.636. The number of hydrogen-bond acceptors (Lipinski definition) is 1. The summed E-state index contributed by atoms with van der Waals surface area (Å²) < 4.78 is 5.50. The Hall–Kier alpha value is -0.560. The predicted molar refractivity (Wildman–Crippen MR) is 52.1 cm³/mol. The molecule has 0 aromatic carbocycles. The molecule has 0 N–H and O–H groups in total. The van der Waals surface area contributed by atoms with Gasteiger partial charge in [-0.3, -0.25) is 0 Å². The van der Waals surface area contributed by atoms with Crippen LogP contribution in [0.25, 0.3) is 0 Å². The van der Waals surface area contributed by atoms with E-state index in [0.29, 0.717) is 0 Å². The van der Waals surface area contributed by atoms with Crippen molar-refractivity contribution in [2.24, 2.45) is 5.41 Å². The van der Waals surface area contributed by atoms with Crippen molar-refractivity contribution in [3.05, 3.63) is 24.3 Å². The molecule has 0 saturated heterocycles. The van der Waals surface area contributed by atoms with E-state index in [2.05, 4.69) is 33.4 Å². The fourth-order valence-corrected chi connectivity index (χ4v) is 2.06. The van der Waals surface area contributed by atoms with Crippen LogP contribution < -0.4 is 0 Å². The van der Waals surface area contributed by atoms with Crippen LogP contribution in [0.15, 0.2) is 24.3 Å². The lowest BCUT2D eigenvalue weighted by molar-refractivity contribution is 0.0266. The van der Waals surface area contributed by atoms with E-state index in [1.54, 1.807) is 7.11 Å². The molecular formula is C11H18O. The molecule has 1 nitrogen and oxygen atoms in total. The zero-order chi connectivity index (χ0) is 9.41. The Bertz CT molecular complexity index is 225. The smallest absolute Gasteiger partial charge is 0.0904 e. The van der Waals surface area contributed by atoms with Crippen LogP contribution in [0.1, 0.15) is 27.2 Å². The third kappa shape index (κ3) is 1.46. The zero-order valence-corrected chi connectivity index (χ0v) is 8.48. The number of hydrogen-bond donors (Lipinski definition) is 0. The summed E-state index contributed by atoms with van der Waals surface area (Å²) in [5.74, 6) is 0. The Morgan fingerprint density at radius 1 is 1.50 bits per heavy atom. The second kappa shape index (κ2) is 2.74. The van der Waals surface area contributed by atoms with Crippen LogP contribution >= 0.6 is 0 Å². The van der Waals surface area contributed by atoms with Crippen molar-refractivity contribution in [1.82, 2.24) is 0 Å². The molecule has 0 spiro atoms. The van der Waals surface area contributed by atoms with E-state index in [4.69, 9.17) is 4.74 Å². The molecule has 1 atom stereocenters. The van der Waals surface area contributed by atoms with Gasteiger partial charge in [-0.25, -0.2) is 0 Å². The second-order valence-corrected chi connectivity index (χ2v) is 4.40. The van der Waals surface area contributed by atoms with Crippen molar-refractivity contribution in [1.29, 1.82) is 0 Å². The lowest BCUT2D eigenvalue weighted by Gasteiger charge is -2.27. The minimum absolute atomic E-state index is 0.120. The predicted octanol–water partition coefficient (Wildman–Crippen LogP) is 2.93. The first-order valence-corrected chi connectivity index (χ1v) is 4.34. The Labute approximate surface area is 75.1 Å². The summed E-state index contributed by atoms with van der Waals surface area (Å²) in [6.45, 7) is 10.4. The normalized spacial score (nSPS) is 33.2. The molecule has 1 unspecified atom stereocenters. The standard InChI is InChI=1S/C11H18O/c1-6-9-7-10(2,3)8-11(9,4)12-5/h6-7H,1,8H2,2-5H3. The van der Waals surface area contributed by atoms with E-state index in [1.807, 2.05) is 6.08 Å². The van der Waals surface area contributed by atoms with Gasteiger partial charge in [-0.2, -0.15) is 0 Å². The molecule has 0 amide bonds. The van der Waals surface area contributed by atoms with Gasteiger partial charge >= 0.3 is 0 Å². The molecular weight excluding hydrogens is 148 g/mol. The van der Waals surface area contributed by atoms with Crippen LogP contribution in [0.5, 0.6) is 0 Å². The first-order valence-electron chi connectivity index (χ1n) is 4.34. The quantitative estimate of drug-likeness (QED) is 0.613. The van der Waals surface area contributed by atoms with E-state index >= 15 is 0 Å². The Morgan fingerprint density at radius 2 is 2.08 bits per heavy atom. The summed E-state index contributed by atoms with van der Waals surface area (Å²) in [5.41, 5.74) is 1.34. The van der Waals surface area contributed by atoms with Gasteiger partial charge in [-0.05, 0) is 24.3 Å². The highest BCUT2D eigenvalue weighted by atomic mass is 16.5. The van der Waals surface area contributed by atoms with Crippen molar-refractivity contribution >= 4 is 0 Å². The molecule has 0 aromatic rings. The minimum Gasteiger partial charge on any atom is -0.374 e. The third-order valence-electron chi connectivity index (χ3n) is 2.62. The topological polar surface area (TPSA) is 9.23 Å². The molecule has 0 fully saturated rings. The van der Waals surface area contributed by atoms with Crippen LogP contribution in [0.3, 0.4) is 0 Å². The van der Waals surface area contributed by atoms with Crippen LogP contribution in [0, 0.1) is 5.41 Å². The fourth-order valence-electron chi connectivity index (χ4n) is 2.06. The summed E-state index contributed by atoms with van der Waals surface area (Å²) >= 11 is 0. The first kappa shape index (κ1) is 9.53. The maximum atomic E-state index is 5.50. The number of rotatable bonds is 2. The molecule has 1 aliphatic carbocycles. The maximum absolute atomic E-state index is 5.50. The molecule has 1 rings (SSSR count). The lowest BCUT2D eigenvalue weighted by atomic mass is 9.88. The van der Waals surface area contributed by atoms with Gasteiger partial charge in [0.25, 0.3) is 0 Å². The minimum atomic E-state index is -0.120. The monoisotopic (exact) mass is 166 g/mol. The van der Waals surface area contributed by atoms with E-state index in [-0.39, 0.29) is 11.0 Å². The lowest BCUT2D eigenvalue weighted by Crippen LogP contribution is -2.28. The van der Waals surface area contributed by atoms with E-state index in [1.165, 1.54) is 5.57 Å². The third-order valence-corrected chi connectivity index (χ3v) is 2.62. The van der Waals surface area contributed by atoms with Crippen LogP contribution in [0.4, 0.5) is 0 Å². The molecule has 0 heterocycles. The summed E-state index contributed by atoms with van der Waals surface area (Å²) in [4.78, 5) is 0. The van der Waals surface area contributed by atoms with Gasteiger partial charge in [-0.1, -0.05) is 32.6 Å². The Balaban J connectivity index is 2.99. The molecule has 1 aliphatic rings.